The lowest BCUT2D eigenvalue weighted by atomic mass is 9.97. The molecule has 3 aromatic rings. The summed E-state index contributed by atoms with van der Waals surface area (Å²) in [6.45, 7) is 0.468. The highest BCUT2D eigenvalue weighted by Gasteiger charge is 2.49. The van der Waals surface area contributed by atoms with E-state index in [-0.39, 0.29) is 33.7 Å². The average molecular weight is 543 g/mol. The fraction of sp³-hybridized carbons (Fsp3) is 0.208. The Morgan fingerprint density at radius 1 is 0.941 bits per heavy atom. The minimum Gasteiger partial charge on any atom is -0.440 e. The SMILES string of the molecule is O=C(c1cc2c(cc1F)OC(c1ccc(Cl)cc1Cl)(c1ccc(Cl)cc1Cl)O2)N1CCC(O)C1. The number of ether oxygens (including phenoxy) is 2. The van der Waals surface area contributed by atoms with Crippen molar-refractivity contribution in [3.8, 4) is 11.5 Å². The van der Waals surface area contributed by atoms with E-state index in [0.717, 1.165) is 6.07 Å². The highest BCUT2D eigenvalue weighted by Crippen LogP contribution is 2.51. The van der Waals surface area contributed by atoms with Crippen molar-refractivity contribution in [1.82, 2.24) is 4.90 Å². The van der Waals surface area contributed by atoms with Crippen LogP contribution in [0.25, 0.3) is 0 Å². The third kappa shape index (κ3) is 3.97. The Kier molecular flexibility index (Phi) is 6.07. The molecule has 2 aliphatic heterocycles. The molecule has 1 N–H and O–H groups in total. The third-order valence-corrected chi connectivity index (χ3v) is 6.89. The minimum atomic E-state index is -1.69. The number of rotatable bonds is 3. The molecule has 10 heteroatoms. The zero-order valence-corrected chi connectivity index (χ0v) is 20.4. The molecule has 1 fully saturated rings. The number of amides is 1. The molecule has 1 saturated heterocycles. The number of β-amino-alcohol motifs (C(OH)–C–C–N with tert-alkyl or cyclic N) is 1. The van der Waals surface area contributed by atoms with Gasteiger partial charge in [-0.15, -0.1) is 0 Å². The zero-order valence-electron chi connectivity index (χ0n) is 17.3. The van der Waals surface area contributed by atoms with Crippen molar-refractivity contribution < 1.29 is 23.8 Å². The van der Waals surface area contributed by atoms with Gasteiger partial charge in [0, 0.05) is 29.2 Å². The van der Waals surface area contributed by atoms with Gasteiger partial charge < -0.3 is 19.5 Å². The largest absolute Gasteiger partial charge is 0.440 e. The Bertz CT molecular complexity index is 1270. The smallest absolute Gasteiger partial charge is 0.308 e. The molecule has 34 heavy (non-hydrogen) atoms. The Morgan fingerprint density at radius 3 is 2.00 bits per heavy atom. The second-order valence-electron chi connectivity index (χ2n) is 8.04. The molecule has 2 aliphatic rings. The molecule has 0 spiro atoms. The maximum absolute atomic E-state index is 15.0. The van der Waals surface area contributed by atoms with E-state index in [4.69, 9.17) is 55.9 Å². The van der Waals surface area contributed by atoms with Crippen LogP contribution in [0.1, 0.15) is 27.9 Å². The van der Waals surface area contributed by atoms with E-state index in [2.05, 4.69) is 0 Å². The van der Waals surface area contributed by atoms with Gasteiger partial charge in [0.25, 0.3) is 5.91 Å². The molecule has 0 bridgehead atoms. The second-order valence-corrected chi connectivity index (χ2v) is 9.73. The average Bonchev–Trinajstić information content (AvgIpc) is 3.36. The van der Waals surface area contributed by atoms with Crippen LogP contribution in [0.2, 0.25) is 20.1 Å². The molecule has 0 radical (unpaired) electrons. The molecule has 0 saturated carbocycles. The van der Waals surface area contributed by atoms with Gasteiger partial charge >= 0.3 is 5.79 Å². The van der Waals surface area contributed by atoms with E-state index in [9.17, 15) is 9.90 Å². The standard InChI is InChI=1S/C24H16Cl4FNO4/c25-12-1-3-16(18(27)7-12)24(17-4-2-13(26)8-19(17)28)33-21-9-15(20(29)10-22(21)34-24)23(32)30-6-5-14(31)11-30/h1-4,7-10,14,31H,5-6,11H2. The number of likely N-dealkylation sites (tertiary alicyclic amines) is 1. The summed E-state index contributed by atoms with van der Waals surface area (Å²) in [5.74, 6) is -2.83. The van der Waals surface area contributed by atoms with Crippen molar-refractivity contribution in [1.29, 1.82) is 0 Å². The summed E-state index contributed by atoms with van der Waals surface area (Å²) in [6, 6.07) is 11.9. The third-order valence-electron chi connectivity index (χ3n) is 5.79. The molecule has 1 amide bonds. The van der Waals surface area contributed by atoms with E-state index in [1.54, 1.807) is 24.3 Å². The summed E-state index contributed by atoms with van der Waals surface area (Å²) in [5, 5.41) is 11.0. The molecule has 2 heterocycles. The monoisotopic (exact) mass is 541 g/mol. The van der Waals surface area contributed by atoms with Crippen LogP contribution in [-0.4, -0.2) is 35.1 Å². The summed E-state index contributed by atoms with van der Waals surface area (Å²) in [7, 11) is 0. The number of hydrogen-bond acceptors (Lipinski definition) is 4. The normalized spacial score (nSPS) is 18.4. The quantitative estimate of drug-likeness (QED) is 0.421. The number of hydrogen-bond donors (Lipinski definition) is 1. The van der Waals surface area contributed by atoms with E-state index in [0.29, 0.717) is 34.1 Å². The Labute approximate surface area is 214 Å². The predicted molar refractivity (Wildman–Crippen MR) is 128 cm³/mol. The van der Waals surface area contributed by atoms with Crippen molar-refractivity contribution in [3.05, 3.63) is 91.1 Å². The molecule has 3 aromatic carbocycles. The van der Waals surface area contributed by atoms with Crippen LogP contribution in [0.3, 0.4) is 0 Å². The van der Waals surface area contributed by atoms with Crippen LogP contribution in [0.15, 0.2) is 48.5 Å². The first-order valence-electron chi connectivity index (χ1n) is 10.3. The molecular formula is C24H16Cl4FNO4. The summed E-state index contributed by atoms with van der Waals surface area (Å²) >= 11 is 25.2. The predicted octanol–water partition coefficient (Wildman–Crippen LogP) is 6.32. The van der Waals surface area contributed by atoms with Crippen LogP contribution in [-0.2, 0) is 5.79 Å². The molecule has 176 valence electrons. The molecule has 0 aromatic heterocycles. The minimum absolute atomic E-state index is 0.0625. The number of carbonyl (C=O) groups excluding carboxylic acids is 1. The van der Waals surface area contributed by atoms with Crippen molar-refractivity contribution in [2.24, 2.45) is 0 Å². The molecule has 1 unspecified atom stereocenters. The topological polar surface area (TPSA) is 59.0 Å². The van der Waals surface area contributed by atoms with E-state index in [1.165, 1.54) is 23.1 Å². The molecule has 0 aliphatic carbocycles. The summed E-state index contributed by atoms with van der Waals surface area (Å²) in [5.41, 5.74) is 0.543. The van der Waals surface area contributed by atoms with Crippen LogP contribution in [0, 0.1) is 5.82 Å². The lowest BCUT2D eigenvalue weighted by Crippen LogP contribution is -2.37. The highest BCUT2D eigenvalue weighted by atomic mass is 35.5. The van der Waals surface area contributed by atoms with Crippen molar-refractivity contribution >= 4 is 52.3 Å². The molecule has 5 rings (SSSR count). The first-order chi connectivity index (χ1) is 16.2. The van der Waals surface area contributed by atoms with Crippen LogP contribution < -0.4 is 9.47 Å². The first-order valence-corrected chi connectivity index (χ1v) is 11.8. The molecule has 5 nitrogen and oxygen atoms in total. The van der Waals surface area contributed by atoms with Crippen molar-refractivity contribution in [3.63, 3.8) is 0 Å². The van der Waals surface area contributed by atoms with Crippen molar-refractivity contribution in [2.45, 2.75) is 18.3 Å². The lowest BCUT2D eigenvalue weighted by molar-refractivity contribution is -0.0457. The van der Waals surface area contributed by atoms with E-state index < -0.39 is 23.6 Å². The van der Waals surface area contributed by atoms with Gasteiger partial charge in [0.1, 0.15) is 5.82 Å². The van der Waals surface area contributed by atoms with Gasteiger partial charge in [0.05, 0.1) is 32.8 Å². The first kappa shape index (κ1) is 23.5. The Hall–Kier alpha value is -2.22. The zero-order chi connectivity index (χ0) is 24.2. The van der Waals surface area contributed by atoms with Crippen LogP contribution in [0.5, 0.6) is 11.5 Å². The van der Waals surface area contributed by atoms with Crippen LogP contribution in [0.4, 0.5) is 4.39 Å². The maximum atomic E-state index is 15.0. The number of aliphatic hydroxyl groups is 1. The van der Waals surface area contributed by atoms with Crippen LogP contribution >= 0.6 is 46.4 Å². The lowest BCUT2D eigenvalue weighted by Gasteiger charge is -2.30. The number of fused-ring (bicyclic) bond motifs is 1. The Morgan fingerprint density at radius 2 is 1.50 bits per heavy atom. The number of aliphatic hydroxyl groups excluding tert-OH is 1. The van der Waals surface area contributed by atoms with Crippen molar-refractivity contribution in [2.75, 3.05) is 13.1 Å². The van der Waals surface area contributed by atoms with Gasteiger partial charge in [0.2, 0.25) is 0 Å². The maximum Gasteiger partial charge on any atom is 0.308 e. The fourth-order valence-corrected chi connectivity index (χ4v) is 5.23. The summed E-state index contributed by atoms with van der Waals surface area (Å²) in [6.07, 6.45) is -0.196. The Balaban J connectivity index is 1.63. The summed E-state index contributed by atoms with van der Waals surface area (Å²) in [4.78, 5) is 14.3. The van der Waals surface area contributed by atoms with Gasteiger partial charge in [-0.2, -0.15) is 0 Å². The fourth-order valence-electron chi connectivity index (χ4n) is 4.16. The van der Waals surface area contributed by atoms with E-state index in [1.807, 2.05) is 0 Å². The number of benzene rings is 3. The van der Waals surface area contributed by atoms with Gasteiger partial charge in [-0.1, -0.05) is 46.4 Å². The number of carbonyl (C=O) groups is 1. The molecule has 1 atom stereocenters. The number of halogens is 5. The van der Waals surface area contributed by atoms with E-state index >= 15 is 4.39 Å². The number of nitrogens with zero attached hydrogens (tertiary/aromatic N) is 1. The van der Waals surface area contributed by atoms with Gasteiger partial charge in [-0.3, -0.25) is 4.79 Å². The molecular weight excluding hydrogens is 527 g/mol. The van der Waals surface area contributed by atoms with Gasteiger partial charge in [-0.05, 0) is 48.9 Å². The van der Waals surface area contributed by atoms with Gasteiger partial charge in [0.15, 0.2) is 11.5 Å². The highest BCUT2D eigenvalue weighted by molar-refractivity contribution is 6.36. The second kappa shape index (κ2) is 8.77. The summed E-state index contributed by atoms with van der Waals surface area (Å²) < 4.78 is 27.5. The van der Waals surface area contributed by atoms with Gasteiger partial charge in [-0.25, -0.2) is 4.39 Å².